The number of nitrogens with zero attached hydrogens (tertiary/aromatic N) is 4. The van der Waals surface area contributed by atoms with Crippen LogP contribution in [0.2, 0.25) is 5.02 Å². The lowest BCUT2D eigenvalue weighted by molar-refractivity contribution is -0.105. The smallest absolute Gasteiger partial charge is 0.252 e. The summed E-state index contributed by atoms with van der Waals surface area (Å²) in [5.74, 6) is -1.14. The van der Waals surface area contributed by atoms with Crippen molar-refractivity contribution in [2.45, 2.75) is 19.1 Å². The van der Waals surface area contributed by atoms with Gasteiger partial charge in [0.1, 0.15) is 11.5 Å². The molecule has 2 amide bonds. The van der Waals surface area contributed by atoms with Crippen LogP contribution in [0.5, 0.6) is 0 Å². The minimum atomic E-state index is -0.599. The lowest BCUT2D eigenvalue weighted by Crippen LogP contribution is -2.43. The number of primary amides is 1. The minimum absolute atomic E-state index is 0.0145. The van der Waals surface area contributed by atoms with Crippen LogP contribution in [0.25, 0.3) is 11.3 Å². The quantitative estimate of drug-likeness (QED) is 0.475. The Balaban J connectivity index is 0.000000248. The summed E-state index contributed by atoms with van der Waals surface area (Å²) in [5, 5.41) is 24.7. The summed E-state index contributed by atoms with van der Waals surface area (Å²) < 4.78 is 15.0. The van der Waals surface area contributed by atoms with E-state index in [-0.39, 0.29) is 17.7 Å². The van der Waals surface area contributed by atoms with Gasteiger partial charge in [0, 0.05) is 17.8 Å². The highest BCUT2D eigenvalue weighted by Crippen LogP contribution is 2.31. The Morgan fingerprint density at radius 3 is 2.65 bits per heavy atom. The average Bonchev–Trinajstić information content (AvgIpc) is 3.20. The van der Waals surface area contributed by atoms with E-state index in [4.69, 9.17) is 22.6 Å². The van der Waals surface area contributed by atoms with Gasteiger partial charge in [0.25, 0.3) is 5.91 Å². The van der Waals surface area contributed by atoms with Crippen LogP contribution in [0.4, 0.5) is 10.1 Å². The van der Waals surface area contributed by atoms with Crippen LogP contribution in [-0.4, -0.2) is 51.8 Å². The molecule has 1 aromatic heterocycles. The summed E-state index contributed by atoms with van der Waals surface area (Å²) in [6.07, 6.45) is 0.599. The van der Waals surface area contributed by atoms with Crippen molar-refractivity contribution in [1.82, 2.24) is 14.7 Å². The molecule has 9 nitrogen and oxygen atoms in total. The number of carbonyl (C=O) groups is 2. The second-order valence-electron chi connectivity index (χ2n) is 7.55. The van der Waals surface area contributed by atoms with E-state index in [0.29, 0.717) is 53.3 Å². The van der Waals surface area contributed by atoms with Crippen molar-refractivity contribution in [1.29, 1.82) is 5.26 Å². The number of carbonyl (C=O) groups excluding carboxylic acids is 2. The molecule has 1 aliphatic rings. The Morgan fingerprint density at radius 1 is 1.38 bits per heavy atom. The summed E-state index contributed by atoms with van der Waals surface area (Å²) in [6, 6.07) is 12.7. The number of halogens is 2. The van der Waals surface area contributed by atoms with Gasteiger partial charge in [-0.25, -0.2) is 4.39 Å². The number of aliphatic hydroxyl groups is 1. The molecular weight excluding hydrogens is 463 g/mol. The van der Waals surface area contributed by atoms with Crippen molar-refractivity contribution in [3.05, 3.63) is 70.1 Å². The van der Waals surface area contributed by atoms with E-state index in [1.54, 1.807) is 28.9 Å². The fraction of sp³-hybridized carbons (Fsp3) is 0.217. The molecule has 0 spiro atoms. The standard InChI is InChI=1S/C15H16ClFN4O2.C8H6N2O/c1-20-6-12-13(15(18)23)14(19-21(12)5-9(20)7-22)8-2-3-11(17)10(16)4-8;9-5-7-1-3-8(4-2-7)10-6-11/h2-4,9,22H,5-7H2,1H3,(H2,18,23);1-4,6H,(H,10,11). The third-order valence-corrected chi connectivity index (χ3v) is 5.64. The van der Waals surface area contributed by atoms with E-state index < -0.39 is 11.7 Å². The maximum Gasteiger partial charge on any atom is 0.252 e. The van der Waals surface area contributed by atoms with Crippen LogP contribution < -0.4 is 11.1 Å². The van der Waals surface area contributed by atoms with Crippen molar-refractivity contribution in [2.75, 3.05) is 19.0 Å². The average molecular weight is 485 g/mol. The summed E-state index contributed by atoms with van der Waals surface area (Å²) in [5.41, 5.74) is 8.69. The highest BCUT2D eigenvalue weighted by Gasteiger charge is 2.30. The van der Waals surface area contributed by atoms with Crippen molar-refractivity contribution < 1.29 is 19.1 Å². The lowest BCUT2D eigenvalue weighted by atomic mass is 10.0. The number of anilines is 1. The molecule has 0 aliphatic carbocycles. The van der Waals surface area contributed by atoms with Crippen molar-refractivity contribution in [2.24, 2.45) is 5.73 Å². The zero-order valence-corrected chi connectivity index (χ0v) is 19.0. The number of likely N-dealkylation sites (N-methyl/N-ethyl adjacent to an activating group) is 1. The van der Waals surface area contributed by atoms with Crippen LogP contribution in [-0.2, 0) is 17.9 Å². The van der Waals surface area contributed by atoms with E-state index >= 15 is 0 Å². The van der Waals surface area contributed by atoms with Crippen molar-refractivity contribution in [3.63, 3.8) is 0 Å². The van der Waals surface area contributed by atoms with Gasteiger partial charge in [-0.2, -0.15) is 10.4 Å². The Labute approximate surface area is 200 Å². The third kappa shape index (κ3) is 5.40. The highest BCUT2D eigenvalue weighted by molar-refractivity contribution is 6.31. The van der Waals surface area contributed by atoms with Gasteiger partial charge in [0.05, 0.1) is 47.1 Å². The largest absolute Gasteiger partial charge is 0.395 e. The monoisotopic (exact) mass is 484 g/mol. The predicted octanol–water partition coefficient (Wildman–Crippen LogP) is 2.37. The van der Waals surface area contributed by atoms with Crippen LogP contribution in [0, 0.1) is 17.1 Å². The Hall–Kier alpha value is -3.78. The van der Waals surface area contributed by atoms with Gasteiger partial charge in [-0.1, -0.05) is 11.6 Å². The number of nitrogens with one attached hydrogen (secondary N) is 1. The molecule has 4 rings (SSSR count). The van der Waals surface area contributed by atoms with Gasteiger partial charge in [0.15, 0.2) is 0 Å². The first-order chi connectivity index (χ1) is 16.3. The normalized spacial score (nSPS) is 14.9. The number of aliphatic hydroxyl groups excluding tert-OH is 1. The topological polar surface area (TPSA) is 137 Å². The maximum absolute atomic E-state index is 13.4. The number of aromatic nitrogens is 2. The van der Waals surface area contributed by atoms with E-state index in [0.717, 1.165) is 0 Å². The lowest BCUT2D eigenvalue weighted by Gasteiger charge is -2.31. The Bertz CT molecular complexity index is 1240. The first-order valence-electron chi connectivity index (χ1n) is 10.1. The number of rotatable bonds is 5. The maximum atomic E-state index is 13.4. The molecule has 0 bridgehead atoms. The van der Waals surface area contributed by atoms with E-state index in [1.165, 1.54) is 18.2 Å². The summed E-state index contributed by atoms with van der Waals surface area (Å²) in [6.45, 7) is 0.863. The molecule has 0 radical (unpaired) electrons. The molecule has 176 valence electrons. The number of benzene rings is 2. The van der Waals surface area contributed by atoms with Gasteiger partial charge in [-0.3, -0.25) is 19.2 Å². The predicted molar refractivity (Wildman–Crippen MR) is 124 cm³/mol. The second kappa shape index (κ2) is 10.9. The van der Waals surface area contributed by atoms with Gasteiger partial charge in [-0.05, 0) is 49.5 Å². The van der Waals surface area contributed by atoms with Crippen LogP contribution in [0.3, 0.4) is 0 Å². The highest BCUT2D eigenvalue weighted by atomic mass is 35.5. The Kier molecular flexibility index (Phi) is 7.96. The molecule has 11 heteroatoms. The zero-order valence-electron chi connectivity index (χ0n) is 18.2. The first kappa shape index (κ1) is 24.9. The molecule has 4 N–H and O–H groups in total. The Morgan fingerprint density at radius 2 is 2.09 bits per heavy atom. The number of amides is 2. The number of nitrogens with two attached hydrogens (primary N) is 1. The summed E-state index contributed by atoms with van der Waals surface area (Å²) in [4.78, 5) is 23.8. The van der Waals surface area contributed by atoms with Gasteiger partial charge >= 0.3 is 0 Å². The molecular formula is C23H22ClFN6O3. The van der Waals surface area contributed by atoms with Crippen molar-refractivity contribution >= 4 is 29.6 Å². The summed E-state index contributed by atoms with van der Waals surface area (Å²) >= 11 is 5.82. The molecule has 1 atom stereocenters. The molecule has 3 aromatic rings. The van der Waals surface area contributed by atoms with Crippen LogP contribution in [0.1, 0.15) is 21.6 Å². The molecule has 0 saturated carbocycles. The van der Waals surface area contributed by atoms with Crippen LogP contribution in [0.15, 0.2) is 42.5 Å². The number of hydrogen-bond donors (Lipinski definition) is 3. The van der Waals surface area contributed by atoms with Gasteiger partial charge in [0.2, 0.25) is 6.41 Å². The fourth-order valence-electron chi connectivity index (χ4n) is 3.52. The second-order valence-corrected chi connectivity index (χ2v) is 7.96. The molecule has 2 heterocycles. The SMILES string of the molecule is CN1Cc2c(C(N)=O)c(-c3ccc(F)c(Cl)c3)nn2CC1CO.N#Cc1ccc(NC=O)cc1. The molecule has 1 unspecified atom stereocenters. The van der Waals surface area contributed by atoms with Crippen molar-refractivity contribution in [3.8, 4) is 17.3 Å². The minimum Gasteiger partial charge on any atom is -0.395 e. The zero-order chi connectivity index (χ0) is 24.8. The van der Waals surface area contributed by atoms with Gasteiger partial charge in [-0.15, -0.1) is 0 Å². The molecule has 0 saturated heterocycles. The van der Waals surface area contributed by atoms with Crippen LogP contribution >= 0.6 is 11.6 Å². The number of fused-ring (bicyclic) bond motifs is 1. The number of hydrogen-bond acceptors (Lipinski definition) is 6. The molecule has 2 aromatic carbocycles. The summed E-state index contributed by atoms with van der Waals surface area (Å²) in [7, 11) is 1.86. The third-order valence-electron chi connectivity index (χ3n) is 5.35. The molecule has 34 heavy (non-hydrogen) atoms. The number of nitriles is 1. The molecule has 1 aliphatic heterocycles. The van der Waals surface area contributed by atoms with E-state index in [1.807, 2.05) is 18.0 Å². The molecule has 0 fully saturated rings. The van der Waals surface area contributed by atoms with Gasteiger partial charge < -0.3 is 16.2 Å². The first-order valence-corrected chi connectivity index (χ1v) is 10.5. The fourth-order valence-corrected chi connectivity index (χ4v) is 3.70. The van der Waals surface area contributed by atoms with E-state index in [9.17, 15) is 19.1 Å². The van der Waals surface area contributed by atoms with E-state index in [2.05, 4.69) is 10.4 Å².